The van der Waals surface area contributed by atoms with Gasteiger partial charge in [0.25, 0.3) is 0 Å². The number of thiazole rings is 1. The molecule has 76 heavy (non-hydrogen) atoms. The minimum atomic E-state index is -2.20. The highest BCUT2D eigenvalue weighted by Gasteiger charge is 2.76. The number of hydrogen-bond acceptors (Lipinski definition) is 13. The summed E-state index contributed by atoms with van der Waals surface area (Å²) in [4.78, 5) is 87.1. The Hall–Kier alpha value is -8.20. The summed E-state index contributed by atoms with van der Waals surface area (Å²) in [6.45, 7) is 3.98. The van der Waals surface area contributed by atoms with Crippen molar-refractivity contribution in [1.29, 1.82) is 0 Å². The number of benzene rings is 6. The largest absolute Gasteiger partial charge is 0.491 e. The number of hydrogen-bond donors (Lipinski definition) is 3. The van der Waals surface area contributed by atoms with Gasteiger partial charge in [-0.25, -0.2) is 19.5 Å². The van der Waals surface area contributed by atoms with E-state index in [4.69, 9.17) is 19.2 Å². The molecule has 4 heterocycles. The number of fused-ring (bicyclic) bond motifs is 4. The molecule has 16 heteroatoms. The molecule has 7 unspecified atom stereocenters. The zero-order chi connectivity index (χ0) is 53.1. The van der Waals surface area contributed by atoms with E-state index in [9.17, 15) is 9.90 Å². The maximum atomic E-state index is 16.9. The topological polar surface area (TPSA) is 180 Å². The van der Waals surface area contributed by atoms with Crippen LogP contribution in [0.5, 0.6) is 5.75 Å². The third-order valence-corrected chi connectivity index (χ3v) is 15.3. The Morgan fingerprint density at radius 3 is 2.22 bits per heavy atom. The van der Waals surface area contributed by atoms with Gasteiger partial charge in [-0.15, -0.1) is 0 Å². The average Bonchev–Trinajstić information content (AvgIpc) is 4.29. The number of amides is 4. The molecule has 3 aliphatic rings. The zero-order valence-electron chi connectivity index (χ0n) is 42.3. The van der Waals surface area contributed by atoms with Crippen LogP contribution in [0.3, 0.4) is 0 Å². The van der Waals surface area contributed by atoms with Crippen molar-refractivity contribution in [2.24, 2.45) is 11.8 Å². The normalized spacial score (nSPS) is 21.1. The van der Waals surface area contributed by atoms with Crippen molar-refractivity contribution in [2.75, 3.05) is 44.1 Å². The van der Waals surface area contributed by atoms with Gasteiger partial charge in [0.15, 0.2) is 5.13 Å². The number of aliphatic hydroxyl groups is 1. The first-order valence-electron chi connectivity index (χ1n) is 25.1. The van der Waals surface area contributed by atoms with Gasteiger partial charge in [-0.3, -0.25) is 24.2 Å². The lowest BCUT2D eigenvalue weighted by molar-refractivity contribution is -0.178. The number of aromatic nitrogens is 1. The van der Waals surface area contributed by atoms with Crippen molar-refractivity contribution < 1.29 is 43.3 Å². The van der Waals surface area contributed by atoms with Gasteiger partial charge in [-0.1, -0.05) is 158 Å². The molecule has 0 aliphatic carbocycles. The van der Waals surface area contributed by atoms with Crippen LogP contribution < -0.4 is 20.3 Å². The number of cyclic esters (lactones) is 1. The number of anilines is 2. The number of nitrogens with zero attached hydrogens (tertiary/aromatic N) is 4. The zero-order valence-corrected chi connectivity index (χ0v) is 43.1. The highest BCUT2D eigenvalue weighted by Crippen LogP contribution is 2.67. The lowest BCUT2D eigenvalue weighted by Crippen LogP contribution is -2.57. The van der Waals surface area contributed by atoms with E-state index < -0.39 is 77.3 Å². The molecule has 7 aromatic rings. The first-order valence-corrected chi connectivity index (χ1v) is 25.9. The molecule has 15 nitrogen and oxygen atoms in total. The van der Waals surface area contributed by atoms with Crippen LogP contribution in [0.2, 0.25) is 0 Å². The summed E-state index contributed by atoms with van der Waals surface area (Å²) in [6.07, 6.45) is -0.990. The maximum absolute atomic E-state index is 16.9. The van der Waals surface area contributed by atoms with Crippen LogP contribution in [0, 0.1) is 23.7 Å². The molecular weight excluding hydrogens is 981 g/mol. The Labute approximate surface area is 444 Å². The van der Waals surface area contributed by atoms with Crippen molar-refractivity contribution in [3.05, 3.63) is 191 Å². The molecular formula is C60H56N6O9S. The number of methoxy groups -OCH3 is 1. The predicted molar refractivity (Wildman–Crippen MR) is 288 cm³/mol. The van der Waals surface area contributed by atoms with E-state index in [1.807, 2.05) is 127 Å². The van der Waals surface area contributed by atoms with E-state index in [0.717, 1.165) is 15.2 Å². The standard InChI is InChI=1S/C60H56N6O9S/c1-37(2)49(55(69)73-4)62-59(72)65-45-31-30-38(21-18-32-64(3)36-39-19-8-5-9-20-39)35-43(45)60(57(65)71)48(54(68)63-58-61-44-27-15-17-29-47(44)76-58)51-56(70)75-52(41-24-12-7-13-25-41)50(40-22-10-6-11-23-40)66(51)53(60)42-26-14-16-28-46(42)74-34-33-67/h5-17,19-20,22-31,35,37,48-53,67H,32-34,36H2,1-4H3,(H,62,72)(H,61,63,68). The second-order valence-electron chi connectivity index (χ2n) is 19.4. The van der Waals surface area contributed by atoms with E-state index in [2.05, 4.69) is 27.4 Å². The lowest BCUT2D eigenvalue weighted by atomic mass is 9.65. The van der Waals surface area contributed by atoms with Crippen LogP contribution in [0.1, 0.15) is 65.4 Å². The van der Waals surface area contributed by atoms with Crippen molar-refractivity contribution >= 4 is 62.2 Å². The minimum absolute atomic E-state index is 0.0993. The van der Waals surface area contributed by atoms with E-state index in [1.165, 1.54) is 18.4 Å². The molecule has 4 amide bonds. The third-order valence-electron chi connectivity index (χ3n) is 14.3. The molecule has 1 aromatic heterocycles. The quantitative estimate of drug-likeness (QED) is 0.0701. The van der Waals surface area contributed by atoms with Crippen LogP contribution in [0.4, 0.5) is 15.6 Å². The van der Waals surface area contributed by atoms with Crippen molar-refractivity contribution in [1.82, 2.24) is 20.1 Å². The number of carbonyl (C=O) groups is 5. The average molecular weight is 1040 g/mol. The Kier molecular flexibility index (Phi) is 14.8. The summed E-state index contributed by atoms with van der Waals surface area (Å²) in [5.74, 6) is 1.57. The van der Waals surface area contributed by atoms with Crippen LogP contribution in [0.15, 0.2) is 158 Å². The smallest absolute Gasteiger partial charge is 0.329 e. The molecule has 6 aromatic carbocycles. The molecule has 2 saturated heterocycles. The molecule has 0 saturated carbocycles. The van der Waals surface area contributed by atoms with Gasteiger partial charge in [-0.05, 0) is 71.6 Å². The number of aliphatic hydroxyl groups excluding tert-OH is 1. The molecule has 0 radical (unpaired) electrons. The first kappa shape index (κ1) is 51.3. The second kappa shape index (κ2) is 21.9. The number of para-hydroxylation sites is 2. The Balaban J connectivity index is 1.25. The molecule has 2 fully saturated rings. The lowest BCUT2D eigenvalue weighted by Gasteiger charge is -2.46. The monoisotopic (exact) mass is 1040 g/mol. The predicted octanol–water partition coefficient (Wildman–Crippen LogP) is 8.36. The van der Waals surface area contributed by atoms with Crippen molar-refractivity contribution in [3.63, 3.8) is 0 Å². The van der Waals surface area contributed by atoms with Gasteiger partial charge in [0.05, 0.1) is 54.2 Å². The number of ether oxygens (including phenoxy) is 3. The molecule has 3 aliphatic heterocycles. The second-order valence-corrected chi connectivity index (χ2v) is 20.4. The number of esters is 2. The molecule has 1 spiro atoms. The van der Waals surface area contributed by atoms with Crippen LogP contribution in [-0.2, 0) is 40.6 Å². The fraction of sp³-hybridized carbons (Fsp3) is 0.267. The minimum Gasteiger partial charge on any atom is -0.491 e. The highest BCUT2D eigenvalue weighted by atomic mass is 32.1. The summed E-state index contributed by atoms with van der Waals surface area (Å²) in [5, 5.41) is 16.3. The SMILES string of the molecule is COC(=O)C(NC(=O)N1C(=O)C2(c3cc(C#CCN(C)Cc4ccccc4)ccc31)C(C(=O)Nc1nc3ccccc3s1)C1C(=O)OC(c3ccccc3)C(c3ccccc3)N1C2c1ccccc1OCCO)C(C)C. The Bertz CT molecular complexity index is 3330. The van der Waals surface area contributed by atoms with Crippen molar-refractivity contribution in [2.45, 2.75) is 56.1 Å². The first-order chi connectivity index (χ1) is 36.9. The number of imide groups is 1. The summed E-state index contributed by atoms with van der Waals surface area (Å²) in [5.41, 5.74) is 2.04. The molecule has 3 N–H and O–H groups in total. The van der Waals surface area contributed by atoms with E-state index in [0.29, 0.717) is 40.9 Å². The van der Waals surface area contributed by atoms with Gasteiger partial charge < -0.3 is 30.0 Å². The summed E-state index contributed by atoms with van der Waals surface area (Å²) >= 11 is 1.23. The fourth-order valence-corrected chi connectivity index (χ4v) is 12.0. The summed E-state index contributed by atoms with van der Waals surface area (Å²) in [6, 6.07) is 42.3. The number of morpholine rings is 1. The Morgan fingerprint density at radius 2 is 1.53 bits per heavy atom. The van der Waals surface area contributed by atoms with E-state index >= 15 is 19.2 Å². The summed E-state index contributed by atoms with van der Waals surface area (Å²) in [7, 11) is 3.18. The number of rotatable bonds is 14. The number of carbonyl (C=O) groups excluding carboxylic acids is 5. The number of nitrogens with one attached hydrogen (secondary N) is 2. The van der Waals surface area contributed by atoms with Gasteiger partial charge in [0.2, 0.25) is 11.8 Å². The van der Waals surface area contributed by atoms with E-state index in [1.54, 1.807) is 56.3 Å². The van der Waals surface area contributed by atoms with Crippen molar-refractivity contribution in [3.8, 4) is 17.6 Å². The van der Waals surface area contributed by atoms with Crippen LogP contribution in [-0.4, -0.2) is 95.7 Å². The van der Waals surface area contributed by atoms with Gasteiger partial charge in [0.1, 0.15) is 36.0 Å². The van der Waals surface area contributed by atoms with Gasteiger partial charge in [0, 0.05) is 17.7 Å². The van der Waals surface area contributed by atoms with Crippen LogP contribution in [0.25, 0.3) is 10.2 Å². The molecule has 0 bridgehead atoms. The molecule has 386 valence electrons. The fourth-order valence-electron chi connectivity index (χ4n) is 11.1. The highest BCUT2D eigenvalue weighted by molar-refractivity contribution is 7.22. The van der Waals surface area contributed by atoms with Crippen LogP contribution >= 0.6 is 11.3 Å². The maximum Gasteiger partial charge on any atom is 0.329 e. The number of urea groups is 1. The Morgan fingerprint density at radius 1 is 0.855 bits per heavy atom. The van der Waals surface area contributed by atoms with Gasteiger partial charge >= 0.3 is 18.0 Å². The molecule has 10 rings (SSSR count). The third kappa shape index (κ3) is 9.47. The van der Waals surface area contributed by atoms with Gasteiger partial charge in [-0.2, -0.15) is 0 Å². The van der Waals surface area contributed by atoms with E-state index in [-0.39, 0.29) is 35.3 Å². The molecule has 7 atom stereocenters. The summed E-state index contributed by atoms with van der Waals surface area (Å²) < 4.78 is 18.9.